The Labute approximate surface area is 118 Å². The van der Waals surface area contributed by atoms with Crippen LogP contribution in [0.1, 0.15) is 46.1 Å². The fourth-order valence-electron chi connectivity index (χ4n) is 2.57. The molecular weight excluding hydrogens is 234 g/mol. The van der Waals surface area contributed by atoms with Crippen molar-refractivity contribution in [1.82, 2.24) is 4.98 Å². The van der Waals surface area contributed by atoms with Gasteiger partial charge in [0.25, 0.3) is 0 Å². The topological polar surface area (TPSA) is 42.2 Å². The Hall–Kier alpha value is -1.09. The quantitative estimate of drug-likeness (QED) is 0.783. The number of hydrogen-bond acceptors (Lipinski definition) is 3. The predicted molar refractivity (Wildman–Crippen MR) is 83.5 cm³/mol. The van der Waals surface area contributed by atoms with Gasteiger partial charge in [0.05, 0.1) is 0 Å². The van der Waals surface area contributed by atoms with Crippen LogP contribution in [0.15, 0.2) is 18.3 Å². The van der Waals surface area contributed by atoms with E-state index < -0.39 is 0 Å². The number of rotatable bonds is 8. The summed E-state index contributed by atoms with van der Waals surface area (Å²) in [5.74, 6) is 1.77. The van der Waals surface area contributed by atoms with E-state index in [1.165, 1.54) is 5.56 Å². The Morgan fingerprint density at radius 1 is 1.26 bits per heavy atom. The molecule has 1 heterocycles. The van der Waals surface area contributed by atoms with E-state index in [0.29, 0.717) is 18.5 Å². The van der Waals surface area contributed by atoms with Gasteiger partial charge in [-0.25, -0.2) is 4.98 Å². The van der Waals surface area contributed by atoms with Gasteiger partial charge in [-0.05, 0) is 43.4 Å². The molecule has 0 saturated heterocycles. The number of pyridine rings is 1. The van der Waals surface area contributed by atoms with Crippen LogP contribution in [0.25, 0.3) is 0 Å². The van der Waals surface area contributed by atoms with Gasteiger partial charge in [0.2, 0.25) is 0 Å². The molecule has 0 aliphatic rings. The Morgan fingerprint density at radius 3 is 2.47 bits per heavy atom. The van der Waals surface area contributed by atoms with Crippen molar-refractivity contribution in [2.24, 2.45) is 11.7 Å². The van der Waals surface area contributed by atoms with Crippen LogP contribution in [-0.2, 0) is 6.42 Å². The van der Waals surface area contributed by atoms with Crippen LogP contribution in [0.5, 0.6) is 0 Å². The number of hydrogen-bond donors (Lipinski definition) is 1. The molecule has 0 aromatic carbocycles. The molecule has 1 aromatic heterocycles. The minimum atomic E-state index is 0.564. The van der Waals surface area contributed by atoms with Gasteiger partial charge in [-0.3, -0.25) is 0 Å². The van der Waals surface area contributed by atoms with E-state index in [9.17, 15) is 0 Å². The third kappa shape index (κ3) is 4.50. The summed E-state index contributed by atoms with van der Waals surface area (Å²) in [6.07, 6.45) is 5.10. The minimum Gasteiger partial charge on any atom is -0.353 e. The molecule has 3 heteroatoms. The van der Waals surface area contributed by atoms with E-state index in [-0.39, 0.29) is 0 Å². The van der Waals surface area contributed by atoms with Gasteiger partial charge >= 0.3 is 0 Å². The third-order valence-corrected chi connectivity index (χ3v) is 3.50. The highest BCUT2D eigenvalue weighted by Crippen LogP contribution is 2.24. The van der Waals surface area contributed by atoms with Crippen LogP contribution >= 0.6 is 0 Å². The summed E-state index contributed by atoms with van der Waals surface area (Å²) < 4.78 is 0. The fraction of sp³-hybridized carbons (Fsp3) is 0.688. The minimum absolute atomic E-state index is 0.564. The average molecular weight is 263 g/mol. The van der Waals surface area contributed by atoms with Crippen molar-refractivity contribution >= 4 is 5.82 Å². The molecule has 0 bridgehead atoms. The molecule has 19 heavy (non-hydrogen) atoms. The maximum atomic E-state index is 5.73. The summed E-state index contributed by atoms with van der Waals surface area (Å²) in [4.78, 5) is 7.12. The van der Waals surface area contributed by atoms with Crippen molar-refractivity contribution < 1.29 is 0 Å². The Bertz CT molecular complexity index is 359. The highest BCUT2D eigenvalue weighted by atomic mass is 15.2. The molecule has 1 rings (SSSR count). The van der Waals surface area contributed by atoms with E-state index in [2.05, 4.69) is 43.6 Å². The van der Waals surface area contributed by atoms with Gasteiger partial charge in [-0.15, -0.1) is 0 Å². The second-order valence-corrected chi connectivity index (χ2v) is 5.54. The van der Waals surface area contributed by atoms with Crippen LogP contribution in [0, 0.1) is 5.92 Å². The second kappa shape index (κ2) is 8.16. The summed E-state index contributed by atoms with van der Waals surface area (Å²) in [6.45, 7) is 10.8. The highest BCUT2D eigenvalue weighted by molar-refractivity contribution is 5.48. The van der Waals surface area contributed by atoms with Gasteiger partial charge in [0.1, 0.15) is 5.82 Å². The standard InChI is InChI=1S/C16H29N3/c1-5-15(6-2)19(12-13(3)4)16-14(9-10-17)8-7-11-18-16/h7-8,11,13,15H,5-6,9-10,12,17H2,1-4H3. The van der Waals surface area contributed by atoms with E-state index in [0.717, 1.165) is 31.6 Å². The SMILES string of the molecule is CCC(CC)N(CC(C)C)c1ncccc1CCN. The first-order chi connectivity index (χ1) is 9.13. The molecule has 0 atom stereocenters. The van der Waals surface area contributed by atoms with Gasteiger partial charge < -0.3 is 10.6 Å². The molecule has 0 amide bonds. The lowest BCUT2D eigenvalue weighted by Crippen LogP contribution is -2.38. The zero-order valence-electron chi connectivity index (χ0n) is 12.9. The first-order valence-corrected chi connectivity index (χ1v) is 7.54. The summed E-state index contributed by atoms with van der Waals surface area (Å²) in [5.41, 5.74) is 7.00. The maximum absolute atomic E-state index is 5.73. The maximum Gasteiger partial charge on any atom is 0.132 e. The van der Waals surface area contributed by atoms with Gasteiger partial charge in [-0.1, -0.05) is 33.8 Å². The van der Waals surface area contributed by atoms with Crippen LogP contribution in [0.3, 0.4) is 0 Å². The molecule has 0 radical (unpaired) electrons. The van der Waals surface area contributed by atoms with Crippen molar-refractivity contribution in [2.75, 3.05) is 18.0 Å². The lowest BCUT2D eigenvalue weighted by atomic mass is 10.1. The average Bonchev–Trinajstić information content (AvgIpc) is 2.39. The largest absolute Gasteiger partial charge is 0.353 e. The zero-order valence-corrected chi connectivity index (χ0v) is 12.9. The van der Waals surface area contributed by atoms with E-state index >= 15 is 0 Å². The second-order valence-electron chi connectivity index (χ2n) is 5.54. The monoisotopic (exact) mass is 263 g/mol. The molecule has 2 N–H and O–H groups in total. The van der Waals surface area contributed by atoms with E-state index in [1.54, 1.807) is 0 Å². The summed E-state index contributed by atoms with van der Waals surface area (Å²) in [6, 6.07) is 4.73. The third-order valence-electron chi connectivity index (χ3n) is 3.50. The van der Waals surface area contributed by atoms with Crippen molar-refractivity contribution in [1.29, 1.82) is 0 Å². The Kier molecular flexibility index (Phi) is 6.85. The van der Waals surface area contributed by atoms with Crippen LogP contribution in [-0.4, -0.2) is 24.1 Å². The molecule has 0 fully saturated rings. The Balaban J connectivity index is 3.08. The lowest BCUT2D eigenvalue weighted by molar-refractivity contribution is 0.502. The normalized spacial score (nSPS) is 11.3. The van der Waals surface area contributed by atoms with Crippen molar-refractivity contribution in [3.05, 3.63) is 23.9 Å². The smallest absolute Gasteiger partial charge is 0.132 e. The molecule has 0 aliphatic heterocycles. The molecular formula is C16H29N3. The first-order valence-electron chi connectivity index (χ1n) is 7.54. The van der Waals surface area contributed by atoms with Gasteiger partial charge in [0, 0.05) is 18.8 Å². The van der Waals surface area contributed by atoms with E-state index in [4.69, 9.17) is 5.73 Å². The summed E-state index contributed by atoms with van der Waals surface area (Å²) in [5, 5.41) is 0. The molecule has 3 nitrogen and oxygen atoms in total. The number of nitrogens with two attached hydrogens (primary N) is 1. The van der Waals surface area contributed by atoms with E-state index in [1.807, 2.05) is 12.3 Å². The Morgan fingerprint density at radius 2 is 1.95 bits per heavy atom. The number of aromatic nitrogens is 1. The fourth-order valence-corrected chi connectivity index (χ4v) is 2.57. The van der Waals surface area contributed by atoms with Crippen molar-refractivity contribution in [2.45, 2.75) is 53.0 Å². The van der Waals surface area contributed by atoms with Crippen molar-refractivity contribution in [3.63, 3.8) is 0 Å². The molecule has 0 spiro atoms. The first kappa shape index (κ1) is 16.0. The van der Waals surface area contributed by atoms with Crippen LogP contribution < -0.4 is 10.6 Å². The number of anilines is 1. The van der Waals surface area contributed by atoms with Gasteiger partial charge in [0.15, 0.2) is 0 Å². The molecule has 108 valence electrons. The van der Waals surface area contributed by atoms with Gasteiger partial charge in [-0.2, -0.15) is 0 Å². The summed E-state index contributed by atoms with van der Waals surface area (Å²) in [7, 11) is 0. The molecule has 1 aromatic rings. The van der Waals surface area contributed by atoms with Crippen LogP contribution in [0.4, 0.5) is 5.82 Å². The molecule has 0 unspecified atom stereocenters. The number of nitrogens with zero attached hydrogens (tertiary/aromatic N) is 2. The highest BCUT2D eigenvalue weighted by Gasteiger charge is 2.20. The predicted octanol–water partition coefficient (Wildman–Crippen LogP) is 3.23. The van der Waals surface area contributed by atoms with Crippen molar-refractivity contribution in [3.8, 4) is 0 Å². The molecule has 0 saturated carbocycles. The zero-order chi connectivity index (χ0) is 14.3. The molecule has 0 aliphatic carbocycles. The lowest BCUT2D eigenvalue weighted by Gasteiger charge is -2.34. The summed E-state index contributed by atoms with van der Waals surface area (Å²) >= 11 is 0. The van der Waals surface area contributed by atoms with Crippen LogP contribution in [0.2, 0.25) is 0 Å².